The zero-order chi connectivity index (χ0) is 48.8. The molecular weight excluding hydrogens is 909 g/mol. The van der Waals surface area contributed by atoms with Crippen molar-refractivity contribution in [3.05, 3.63) is 33.8 Å². The molecule has 2 saturated carbocycles. The van der Waals surface area contributed by atoms with Gasteiger partial charge in [-0.1, -0.05) is 57.3 Å². The third-order valence-electron chi connectivity index (χ3n) is 13.2. The van der Waals surface area contributed by atoms with E-state index < -0.39 is 121 Å². The van der Waals surface area contributed by atoms with Gasteiger partial charge in [0, 0.05) is 50.1 Å². The van der Waals surface area contributed by atoms with E-state index in [2.05, 4.69) is 16.0 Å². The van der Waals surface area contributed by atoms with E-state index in [9.17, 15) is 51.1 Å². The number of hydrogen-bond acceptors (Lipinski definition) is 7. The Morgan fingerprint density at radius 3 is 2.21 bits per heavy atom. The average Bonchev–Trinajstić information content (AvgIpc) is 4.20. The number of nitrogens with one attached hydrogen (secondary N) is 3. The van der Waals surface area contributed by atoms with Gasteiger partial charge < -0.3 is 35.6 Å². The maximum atomic E-state index is 15.0. The van der Waals surface area contributed by atoms with Crippen LogP contribution in [0.4, 0.5) is 17.6 Å². The van der Waals surface area contributed by atoms with E-state index in [0.29, 0.717) is 65.5 Å². The van der Waals surface area contributed by atoms with Crippen LogP contribution < -0.4 is 16.0 Å². The van der Waals surface area contributed by atoms with Crippen LogP contribution in [0, 0.1) is 17.3 Å². The number of nitrogens with zero attached hydrogens (tertiary/aromatic N) is 4. The van der Waals surface area contributed by atoms with Crippen molar-refractivity contribution in [1.29, 1.82) is 0 Å². The summed E-state index contributed by atoms with van der Waals surface area (Å²) in [6.07, 6.45) is -4.95. The number of likely N-dealkylation sites (N-methyl/N-ethyl adjacent to an activating group) is 2. The van der Waals surface area contributed by atoms with E-state index >= 15 is 0 Å². The first-order chi connectivity index (χ1) is 31.0. The van der Waals surface area contributed by atoms with Gasteiger partial charge in [-0.15, -0.1) is 0 Å². The fourth-order valence-electron chi connectivity index (χ4n) is 9.16. The van der Waals surface area contributed by atoms with E-state index in [1.807, 2.05) is 27.7 Å². The van der Waals surface area contributed by atoms with Crippen molar-refractivity contribution in [3.8, 4) is 0 Å². The number of halogens is 6. The quantitative estimate of drug-likeness (QED) is 0.204. The average molecular weight is 975 g/mol. The Hall–Kier alpha value is -4.19. The van der Waals surface area contributed by atoms with Gasteiger partial charge >= 0.3 is 6.18 Å². The molecule has 2 aliphatic carbocycles. The molecule has 4 aliphatic rings. The zero-order valence-electron chi connectivity index (χ0n) is 38.7. The van der Waals surface area contributed by atoms with Crippen molar-refractivity contribution in [2.75, 3.05) is 33.7 Å². The predicted molar refractivity (Wildman–Crippen MR) is 240 cm³/mol. The van der Waals surface area contributed by atoms with Crippen LogP contribution in [0.5, 0.6) is 0 Å². The summed E-state index contributed by atoms with van der Waals surface area (Å²) in [5.74, 6) is -5.76. The molecule has 14 nitrogen and oxygen atoms in total. The first kappa shape index (κ1) is 52.8. The number of hydrogen-bond donors (Lipinski definition) is 3. The van der Waals surface area contributed by atoms with Crippen LogP contribution in [0.2, 0.25) is 10.0 Å². The summed E-state index contributed by atoms with van der Waals surface area (Å²) in [6.45, 7) is 7.08. The lowest BCUT2D eigenvalue weighted by molar-refractivity contribution is -0.199. The zero-order valence-corrected chi connectivity index (χ0v) is 40.2. The van der Waals surface area contributed by atoms with E-state index in [0.717, 1.165) is 0 Å². The van der Waals surface area contributed by atoms with Crippen LogP contribution in [0.1, 0.15) is 110 Å². The lowest BCUT2D eigenvalue weighted by Crippen LogP contribution is -2.61. The van der Waals surface area contributed by atoms with Gasteiger partial charge in [0.25, 0.3) is 0 Å². The number of rotatable bonds is 14. The molecule has 4 fully saturated rings. The van der Waals surface area contributed by atoms with Crippen molar-refractivity contribution in [2.24, 2.45) is 17.3 Å². The van der Waals surface area contributed by atoms with Crippen LogP contribution in [0.3, 0.4) is 0 Å². The van der Waals surface area contributed by atoms with Gasteiger partial charge in [0.1, 0.15) is 47.8 Å². The van der Waals surface area contributed by atoms with Crippen LogP contribution in [0.15, 0.2) is 18.2 Å². The van der Waals surface area contributed by atoms with Crippen molar-refractivity contribution in [3.63, 3.8) is 0 Å². The molecule has 0 bridgehead atoms. The lowest BCUT2D eigenvalue weighted by Gasteiger charge is -2.37. The van der Waals surface area contributed by atoms with Gasteiger partial charge in [-0.2, -0.15) is 13.2 Å². The van der Waals surface area contributed by atoms with Crippen molar-refractivity contribution in [1.82, 2.24) is 35.6 Å². The molecule has 0 radical (unpaired) electrons. The van der Waals surface area contributed by atoms with E-state index in [-0.39, 0.29) is 44.2 Å². The molecule has 66 heavy (non-hydrogen) atoms. The van der Waals surface area contributed by atoms with E-state index in [4.69, 9.17) is 23.2 Å². The second-order valence-corrected chi connectivity index (χ2v) is 19.8. The molecule has 0 unspecified atom stereocenters. The molecule has 368 valence electrons. The summed E-state index contributed by atoms with van der Waals surface area (Å²) >= 11 is 13.0. The Bertz CT molecular complexity index is 1970. The molecule has 3 N–H and O–H groups in total. The largest absolute Gasteiger partial charge is 0.403 e. The molecule has 7 atom stereocenters. The van der Waals surface area contributed by atoms with Gasteiger partial charge in [0.15, 0.2) is 0 Å². The number of benzene rings is 1. The maximum absolute atomic E-state index is 15.0. The highest BCUT2D eigenvalue weighted by Crippen LogP contribution is 2.59. The van der Waals surface area contributed by atoms with Crippen LogP contribution in [-0.4, -0.2) is 143 Å². The van der Waals surface area contributed by atoms with Gasteiger partial charge in [0.05, 0.1) is 6.54 Å². The third kappa shape index (κ3) is 12.5. The SMILES string of the molecule is CCC[C@H]1NC(=O)[C@H](Cc2cc(Cl)ccc2Cl)N(CCC)C(=O)[C@H](CC(C)C)NC(=O)[C@@H](N(C)C(=O)[C@@H](NC(=O)[C@@H]2C[C@@H](F)CN2C(=O)C2(C(F)(F)F)CC2)C2CC2)CCCCN(C)C1=O. The molecule has 5 rings (SSSR count). The second kappa shape index (κ2) is 22.3. The van der Waals surface area contributed by atoms with Gasteiger partial charge in [-0.3, -0.25) is 33.6 Å². The molecule has 2 heterocycles. The van der Waals surface area contributed by atoms with Crippen molar-refractivity contribution < 1.29 is 51.1 Å². The smallest absolute Gasteiger partial charge is 0.344 e. The summed E-state index contributed by atoms with van der Waals surface area (Å²) in [5.41, 5.74) is -2.19. The van der Waals surface area contributed by atoms with Crippen molar-refractivity contribution in [2.45, 2.75) is 160 Å². The Labute approximate surface area is 394 Å². The Balaban J connectivity index is 1.47. The Morgan fingerprint density at radius 1 is 0.955 bits per heavy atom. The van der Waals surface area contributed by atoms with Crippen molar-refractivity contribution >= 4 is 64.6 Å². The number of alkyl halides is 4. The first-order valence-electron chi connectivity index (χ1n) is 23.2. The third-order valence-corrected chi connectivity index (χ3v) is 13.9. The molecule has 0 aromatic heterocycles. The van der Waals surface area contributed by atoms with Gasteiger partial charge in [-0.25, -0.2) is 4.39 Å². The monoisotopic (exact) mass is 973 g/mol. The summed E-state index contributed by atoms with van der Waals surface area (Å²) in [5, 5.41) is 9.13. The molecule has 1 aromatic rings. The lowest BCUT2D eigenvalue weighted by atomic mass is 9.97. The van der Waals surface area contributed by atoms with E-state index in [1.165, 1.54) is 21.7 Å². The van der Waals surface area contributed by atoms with Crippen LogP contribution >= 0.6 is 23.2 Å². The minimum absolute atomic E-state index is 0.0711. The fourth-order valence-corrected chi connectivity index (χ4v) is 9.55. The number of amides is 7. The molecule has 20 heteroatoms. The summed E-state index contributed by atoms with van der Waals surface area (Å²) in [4.78, 5) is 104. The van der Waals surface area contributed by atoms with Gasteiger partial charge in [0.2, 0.25) is 41.4 Å². The molecule has 1 aromatic carbocycles. The number of likely N-dealkylation sites (tertiary alicyclic amines) is 1. The Morgan fingerprint density at radius 2 is 1.62 bits per heavy atom. The standard InChI is InChI=1S/C46H65Cl2F4N7O7/c1-7-11-32-41(63)56(5)20-10-9-12-34(38(60)54-33(21-26(3)4)42(64)58(19-8-2)35(39(61)53-32)23-28-22-29(47)15-16-31(28)48)57(6)43(65)37(27-13-14-27)55-40(62)36-24-30(49)25-59(36)44(66)45(17-18-45)46(50,51)52/h15-16,22,26-27,30,32-37H,7-14,17-21,23-25H2,1-6H3,(H,53,61)(H,54,60)(H,55,62)/t30-,32-,33+,34+,35+,36+,37+/m1/s1. The highest BCUT2D eigenvalue weighted by Gasteiger charge is 2.70. The van der Waals surface area contributed by atoms with E-state index in [1.54, 1.807) is 25.2 Å². The minimum atomic E-state index is -4.88. The van der Waals surface area contributed by atoms with Crippen LogP contribution in [-0.2, 0) is 40.0 Å². The molecule has 2 saturated heterocycles. The highest BCUT2D eigenvalue weighted by molar-refractivity contribution is 6.33. The first-order valence-corrected chi connectivity index (χ1v) is 24.0. The van der Waals surface area contributed by atoms with Crippen LogP contribution in [0.25, 0.3) is 0 Å². The highest BCUT2D eigenvalue weighted by atomic mass is 35.5. The predicted octanol–water partition coefficient (Wildman–Crippen LogP) is 5.60. The minimum Gasteiger partial charge on any atom is -0.344 e. The van der Waals surface area contributed by atoms with Gasteiger partial charge in [-0.05, 0) is 99.8 Å². The molecule has 2 aliphatic heterocycles. The summed E-state index contributed by atoms with van der Waals surface area (Å²) in [7, 11) is 2.99. The summed E-state index contributed by atoms with van der Waals surface area (Å²) in [6, 6.07) is -2.57. The topological polar surface area (TPSA) is 169 Å². The molecule has 7 amide bonds. The normalized spacial score (nSPS) is 26.2. The summed E-state index contributed by atoms with van der Waals surface area (Å²) < 4.78 is 56.7. The molecular formula is C46H65Cl2F4N7O7. The maximum Gasteiger partial charge on any atom is 0.403 e. The second-order valence-electron chi connectivity index (χ2n) is 19.0. The fraction of sp³-hybridized carbons (Fsp3) is 0.717. The Kier molecular flexibility index (Phi) is 17.8. The molecule has 0 spiro atoms. The number of carbonyl (C=O) groups excluding carboxylic acids is 7. The number of carbonyl (C=O) groups is 7.